The first kappa shape index (κ1) is 23.4. The van der Waals surface area contributed by atoms with Crippen LogP contribution in [-0.4, -0.2) is 41.7 Å². The summed E-state index contributed by atoms with van der Waals surface area (Å²) in [7, 11) is 0. The molecular formula is C24H26N2O5S. The van der Waals surface area contributed by atoms with E-state index in [0.29, 0.717) is 24.7 Å². The molecule has 0 aromatic heterocycles. The Balaban J connectivity index is 1.58. The summed E-state index contributed by atoms with van der Waals surface area (Å²) in [5.74, 6) is 0.521. The quantitative estimate of drug-likeness (QED) is 0.404. The fraction of sp³-hybridized carbons (Fsp3) is 0.292. The Hall–Kier alpha value is -3.26. The van der Waals surface area contributed by atoms with E-state index in [-0.39, 0.29) is 11.4 Å². The molecule has 0 aliphatic carbocycles. The maximum Gasteiger partial charge on any atom is 0.294 e. The number of amides is 3. The topological polar surface area (TPSA) is 84.9 Å². The van der Waals surface area contributed by atoms with Crippen LogP contribution in [0.3, 0.4) is 0 Å². The molecule has 0 atom stereocenters. The number of benzene rings is 2. The van der Waals surface area contributed by atoms with Gasteiger partial charge in [-0.25, -0.2) is 0 Å². The van der Waals surface area contributed by atoms with Crippen molar-refractivity contribution < 1.29 is 23.9 Å². The van der Waals surface area contributed by atoms with Gasteiger partial charge < -0.3 is 14.8 Å². The first-order valence-electron chi connectivity index (χ1n) is 10.5. The lowest BCUT2D eigenvalue weighted by molar-refractivity contribution is -0.127. The van der Waals surface area contributed by atoms with Gasteiger partial charge in [-0.3, -0.25) is 19.3 Å². The number of carbonyl (C=O) groups excluding carboxylic acids is 3. The number of imide groups is 1. The zero-order chi connectivity index (χ0) is 22.9. The molecular weight excluding hydrogens is 428 g/mol. The number of thioether (sulfide) groups is 1. The zero-order valence-electron chi connectivity index (χ0n) is 18.1. The summed E-state index contributed by atoms with van der Waals surface area (Å²) in [5.41, 5.74) is 1.33. The summed E-state index contributed by atoms with van der Waals surface area (Å²) in [6.07, 6.45) is 3.69. The van der Waals surface area contributed by atoms with Gasteiger partial charge in [0.25, 0.3) is 11.1 Å². The molecule has 0 spiro atoms. The van der Waals surface area contributed by atoms with Crippen molar-refractivity contribution in [2.75, 3.05) is 25.1 Å². The highest BCUT2D eigenvalue weighted by Crippen LogP contribution is 2.32. The molecule has 1 N–H and O–H groups in total. The molecule has 1 saturated heterocycles. The highest BCUT2D eigenvalue weighted by molar-refractivity contribution is 8.18. The lowest BCUT2D eigenvalue weighted by Gasteiger charge is -2.12. The Kier molecular flexibility index (Phi) is 8.33. The van der Waals surface area contributed by atoms with Gasteiger partial charge in [-0.05, 0) is 73.1 Å². The number of nitrogens with zero attached hydrogens (tertiary/aromatic N) is 1. The number of nitrogens with one attached hydrogen (secondary N) is 1. The van der Waals surface area contributed by atoms with Gasteiger partial charge in [0, 0.05) is 5.69 Å². The number of hydrogen-bond acceptors (Lipinski definition) is 6. The number of carbonyl (C=O) groups is 3. The van der Waals surface area contributed by atoms with Crippen LogP contribution < -0.4 is 14.8 Å². The third kappa shape index (κ3) is 6.37. The zero-order valence-corrected chi connectivity index (χ0v) is 18.9. The predicted molar refractivity (Wildman–Crippen MR) is 126 cm³/mol. The van der Waals surface area contributed by atoms with Crippen LogP contribution in [0.15, 0.2) is 53.4 Å². The van der Waals surface area contributed by atoms with E-state index in [1.807, 2.05) is 31.2 Å². The minimum absolute atomic E-state index is 0.281. The molecule has 1 aliphatic rings. The SMILES string of the molecule is CCCCOc1ccc(/C=C2\SC(=O)N(CC(=O)Nc3ccc(OCC)cc3)C2=O)cc1. The van der Waals surface area contributed by atoms with E-state index in [9.17, 15) is 14.4 Å². The molecule has 32 heavy (non-hydrogen) atoms. The molecule has 2 aromatic rings. The molecule has 0 bridgehead atoms. The predicted octanol–water partition coefficient (Wildman–Crippen LogP) is 4.94. The van der Waals surface area contributed by atoms with Gasteiger partial charge in [-0.1, -0.05) is 25.5 Å². The van der Waals surface area contributed by atoms with Crippen molar-refractivity contribution in [2.24, 2.45) is 0 Å². The summed E-state index contributed by atoms with van der Waals surface area (Å²) < 4.78 is 11.0. The van der Waals surface area contributed by atoms with Crippen LogP contribution in [0.2, 0.25) is 0 Å². The Labute approximate surface area is 191 Å². The van der Waals surface area contributed by atoms with E-state index in [1.54, 1.807) is 30.3 Å². The molecule has 0 saturated carbocycles. The summed E-state index contributed by atoms with van der Waals surface area (Å²) >= 11 is 0.824. The van der Waals surface area contributed by atoms with E-state index in [1.165, 1.54) is 0 Å². The molecule has 168 valence electrons. The Morgan fingerprint density at radius 3 is 2.31 bits per heavy atom. The maximum atomic E-state index is 12.7. The van der Waals surface area contributed by atoms with Crippen molar-refractivity contribution in [3.8, 4) is 11.5 Å². The smallest absolute Gasteiger partial charge is 0.294 e. The normalized spacial score (nSPS) is 14.7. The monoisotopic (exact) mass is 454 g/mol. The number of anilines is 1. The molecule has 2 aromatic carbocycles. The summed E-state index contributed by atoms with van der Waals surface area (Å²) in [6.45, 7) is 4.85. The second kappa shape index (κ2) is 11.4. The van der Waals surface area contributed by atoms with Crippen molar-refractivity contribution >= 4 is 40.6 Å². The molecule has 1 heterocycles. The lowest BCUT2D eigenvalue weighted by atomic mass is 10.2. The largest absolute Gasteiger partial charge is 0.494 e. The Bertz CT molecular complexity index is 986. The van der Waals surface area contributed by atoms with Crippen LogP contribution in [0.5, 0.6) is 11.5 Å². The molecule has 3 amide bonds. The second-order valence-electron chi connectivity index (χ2n) is 7.04. The number of rotatable bonds is 10. The minimum Gasteiger partial charge on any atom is -0.494 e. The molecule has 7 nitrogen and oxygen atoms in total. The third-order valence-corrected chi connectivity index (χ3v) is 5.48. The molecule has 3 rings (SSSR count). The van der Waals surface area contributed by atoms with Crippen molar-refractivity contribution in [2.45, 2.75) is 26.7 Å². The minimum atomic E-state index is -0.481. The van der Waals surface area contributed by atoms with Gasteiger partial charge in [0.1, 0.15) is 18.0 Å². The van der Waals surface area contributed by atoms with Crippen LogP contribution in [0.4, 0.5) is 10.5 Å². The third-order valence-electron chi connectivity index (χ3n) is 4.57. The first-order valence-corrected chi connectivity index (χ1v) is 11.3. The van der Waals surface area contributed by atoms with E-state index in [0.717, 1.165) is 40.8 Å². The van der Waals surface area contributed by atoms with Crippen LogP contribution in [0.25, 0.3) is 6.08 Å². The van der Waals surface area contributed by atoms with Gasteiger partial charge in [-0.2, -0.15) is 0 Å². The van der Waals surface area contributed by atoms with Crippen molar-refractivity contribution in [1.29, 1.82) is 0 Å². The van der Waals surface area contributed by atoms with E-state index in [2.05, 4.69) is 12.2 Å². The first-order chi connectivity index (χ1) is 15.5. The van der Waals surface area contributed by atoms with E-state index < -0.39 is 17.1 Å². The molecule has 0 unspecified atom stereocenters. The van der Waals surface area contributed by atoms with Crippen LogP contribution in [0, 0.1) is 0 Å². The fourth-order valence-electron chi connectivity index (χ4n) is 2.93. The van der Waals surface area contributed by atoms with Crippen molar-refractivity contribution in [3.05, 3.63) is 59.0 Å². The van der Waals surface area contributed by atoms with Gasteiger partial charge >= 0.3 is 0 Å². The molecule has 1 aliphatic heterocycles. The number of ether oxygens (including phenoxy) is 2. The van der Waals surface area contributed by atoms with Crippen LogP contribution in [0.1, 0.15) is 32.3 Å². The van der Waals surface area contributed by atoms with E-state index in [4.69, 9.17) is 9.47 Å². The highest BCUT2D eigenvalue weighted by atomic mass is 32.2. The summed E-state index contributed by atoms with van der Waals surface area (Å²) in [5, 5.41) is 2.22. The van der Waals surface area contributed by atoms with Crippen molar-refractivity contribution in [3.63, 3.8) is 0 Å². The number of unbranched alkanes of at least 4 members (excludes halogenated alkanes) is 1. The Morgan fingerprint density at radius 2 is 1.66 bits per heavy atom. The fourth-order valence-corrected chi connectivity index (χ4v) is 3.77. The molecule has 8 heteroatoms. The van der Waals surface area contributed by atoms with Gasteiger partial charge in [0.15, 0.2) is 0 Å². The van der Waals surface area contributed by atoms with Gasteiger partial charge in [-0.15, -0.1) is 0 Å². The average Bonchev–Trinajstić information content (AvgIpc) is 3.04. The number of hydrogen-bond donors (Lipinski definition) is 1. The maximum absolute atomic E-state index is 12.7. The average molecular weight is 455 g/mol. The van der Waals surface area contributed by atoms with Crippen molar-refractivity contribution in [1.82, 2.24) is 4.90 Å². The van der Waals surface area contributed by atoms with Crippen LogP contribution >= 0.6 is 11.8 Å². The van der Waals surface area contributed by atoms with Crippen LogP contribution in [-0.2, 0) is 9.59 Å². The van der Waals surface area contributed by atoms with E-state index >= 15 is 0 Å². The highest BCUT2D eigenvalue weighted by Gasteiger charge is 2.36. The Morgan fingerprint density at radius 1 is 1.00 bits per heavy atom. The second-order valence-corrected chi connectivity index (χ2v) is 8.04. The summed E-state index contributed by atoms with van der Waals surface area (Å²) in [6, 6.07) is 14.2. The molecule has 0 radical (unpaired) electrons. The standard InChI is InChI=1S/C24H26N2O5S/c1-3-5-14-31-20-10-6-17(7-11-20)15-21-23(28)26(24(29)32-21)16-22(27)25-18-8-12-19(13-9-18)30-4-2/h6-13,15H,3-5,14,16H2,1-2H3,(H,25,27)/b21-15-. The van der Waals surface area contributed by atoms with Gasteiger partial charge in [0.2, 0.25) is 5.91 Å². The molecule has 1 fully saturated rings. The lowest BCUT2D eigenvalue weighted by Crippen LogP contribution is -2.36. The van der Waals surface area contributed by atoms with Gasteiger partial charge in [0.05, 0.1) is 18.1 Å². The summed E-state index contributed by atoms with van der Waals surface area (Å²) in [4.78, 5) is 38.5.